The zero-order valence-corrected chi connectivity index (χ0v) is 17.1. The van der Waals surface area contributed by atoms with Gasteiger partial charge in [-0.2, -0.15) is 18.3 Å². The van der Waals surface area contributed by atoms with Crippen LogP contribution in [0.4, 0.5) is 13.2 Å². The van der Waals surface area contributed by atoms with Gasteiger partial charge in [0.1, 0.15) is 5.75 Å². The standard InChI is InChI=1S/C23H20F3N3O3/c1-29-17(11-21(28-29)14-2-4-16(5-3-14)23(24,25)26)8-9-32-18-6-7-20-19(12-18)15(13-27-20)10-22(30)31/h2-7,11-13,27H,8-10H2,1H3,(H,30,31). The van der Waals surface area contributed by atoms with E-state index in [0.29, 0.717) is 35.6 Å². The highest BCUT2D eigenvalue weighted by Gasteiger charge is 2.30. The molecule has 0 amide bonds. The summed E-state index contributed by atoms with van der Waals surface area (Å²) in [5, 5.41) is 14.2. The van der Waals surface area contributed by atoms with Gasteiger partial charge in [-0.3, -0.25) is 9.48 Å². The van der Waals surface area contributed by atoms with Crippen molar-refractivity contribution in [2.75, 3.05) is 6.61 Å². The van der Waals surface area contributed by atoms with Crippen LogP contribution in [0.15, 0.2) is 54.7 Å². The Bertz CT molecular complexity index is 1260. The number of aromatic nitrogens is 3. The normalized spacial score (nSPS) is 11.8. The summed E-state index contributed by atoms with van der Waals surface area (Å²) in [6.07, 6.45) is -2.23. The van der Waals surface area contributed by atoms with Crippen molar-refractivity contribution >= 4 is 16.9 Å². The molecule has 0 saturated carbocycles. The molecule has 0 radical (unpaired) electrons. The van der Waals surface area contributed by atoms with Crippen LogP contribution in [0.2, 0.25) is 0 Å². The van der Waals surface area contributed by atoms with Crippen molar-refractivity contribution in [1.29, 1.82) is 0 Å². The molecule has 166 valence electrons. The third-order valence-electron chi connectivity index (χ3n) is 5.19. The molecule has 2 N–H and O–H groups in total. The molecule has 4 rings (SSSR count). The Morgan fingerprint density at radius 2 is 1.91 bits per heavy atom. The zero-order chi connectivity index (χ0) is 22.9. The van der Waals surface area contributed by atoms with Crippen LogP contribution in [-0.4, -0.2) is 32.4 Å². The molecule has 0 saturated heterocycles. The minimum absolute atomic E-state index is 0.0782. The van der Waals surface area contributed by atoms with Crippen molar-refractivity contribution in [2.24, 2.45) is 7.05 Å². The van der Waals surface area contributed by atoms with Crippen molar-refractivity contribution in [3.05, 3.63) is 71.5 Å². The van der Waals surface area contributed by atoms with E-state index in [9.17, 15) is 18.0 Å². The summed E-state index contributed by atoms with van der Waals surface area (Å²) < 4.78 is 45.8. The molecule has 32 heavy (non-hydrogen) atoms. The van der Waals surface area contributed by atoms with Gasteiger partial charge in [-0.1, -0.05) is 12.1 Å². The summed E-state index contributed by atoms with van der Waals surface area (Å²) in [6.45, 7) is 0.357. The second kappa shape index (κ2) is 8.41. The summed E-state index contributed by atoms with van der Waals surface area (Å²) in [7, 11) is 1.77. The highest BCUT2D eigenvalue weighted by molar-refractivity contribution is 5.88. The molecule has 2 aromatic carbocycles. The number of hydrogen-bond acceptors (Lipinski definition) is 3. The average Bonchev–Trinajstić information content (AvgIpc) is 3.30. The Hall–Kier alpha value is -3.75. The summed E-state index contributed by atoms with van der Waals surface area (Å²) in [5.41, 5.74) is 2.88. The molecule has 6 nitrogen and oxygen atoms in total. The number of benzene rings is 2. The largest absolute Gasteiger partial charge is 0.493 e. The number of alkyl halides is 3. The lowest BCUT2D eigenvalue weighted by Crippen LogP contribution is -2.06. The minimum Gasteiger partial charge on any atom is -0.493 e. The number of aliphatic carboxylic acids is 1. The molecule has 0 fully saturated rings. The van der Waals surface area contributed by atoms with E-state index in [2.05, 4.69) is 10.1 Å². The molecule has 2 heterocycles. The van der Waals surface area contributed by atoms with Gasteiger partial charge in [0.05, 0.1) is 24.3 Å². The van der Waals surface area contributed by atoms with Crippen LogP contribution in [0.25, 0.3) is 22.2 Å². The lowest BCUT2D eigenvalue weighted by molar-refractivity contribution is -0.138. The van der Waals surface area contributed by atoms with E-state index >= 15 is 0 Å². The maximum atomic E-state index is 12.8. The summed E-state index contributed by atoms with van der Waals surface area (Å²) in [4.78, 5) is 14.1. The van der Waals surface area contributed by atoms with Crippen LogP contribution in [0.3, 0.4) is 0 Å². The van der Waals surface area contributed by atoms with Gasteiger partial charge >= 0.3 is 12.1 Å². The average molecular weight is 443 g/mol. The van der Waals surface area contributed by atoms with Gasteiger partial charge in [0.25, 0.3) is 0 Å². The van der Waals surface area contributed by atoms with Crippen LogP contribution in [0.1, 0.15) is 16.8 Å². The fraction of sp³-hybridized carbons (Fsp3) is 0.217. The molecule has 0 aliphatic heterocycles. The number of nitrogens with one attached hydrogen (secondary N) is 1. The molecule has 0 bridgehead atoms. The first-order chi connectivity index (χ1) is 15.2. The number of carbonyl (C=O) groups is 1. The topological polar surface area (TPSA) is 80.1 Å². The van der Waals surface area contributed by atoms with E-state index in [1.807, 2.05) is 12.1 Å². The Kier molecular flexibility index (Phi) is 5.65. The third-order valence-corrected chi connectivity index (χ3v) is 5.19. The van der Waals surface area contributed by atoms with Gasteiger partial charge in [-0.25, -0.2) is 0 Å². The second-order valence-electron chi connectivity index (χ2n) is 7.41. The van der Waals surface area contributed by atoms with Gasteiger partial charge < -0.3 is 14.8 Å². The molecule has 0 aliphatic rings. The summed E-state index contributed by atoms with van der Waals surface area (Å²) in [6, 6.07) is 12.2. The smallest absolute Gasteiger partial charge is 0.416 e. The summed E-state index contributed by atoms with van der Waals surface area (Å²) >= 11 is 0. The van der Waals surface area contributed by atoms with E-state index in [1.165, 1.54) is 12.1 Å². The predicted molar refractivity (Wildman–Crippen MR) is 112 cm³/mol. The third kappa shape index (κ3) is 4.61. The van der Waals surface area contributed by atoms with Crippen LogP contribution in [0, 0.1) is 0 Å². The Morgan fingerprint density at radius 3 is 2.59 bits per heavy atom. The summed E-state index contributed by atoms with van der Waals surface area (Å²) in [5.74, 6) is -0.286. The van der Waals surface area contributed by atoms with Crippen LogP contribution in [-0.2, 0) is 30.9 Å². The van der Waals surface area contributed by atoms with Crippen LogP contribution >= 0.6 is 0 Å². The number of aryl methyl sites for hydroxylation is 1. The Labute approximate surface area is 181 Å². The van der Waals surface area contributed by atoms with Crippen molar-refractivity contribution in [3.8, 4) is 17.0 Å². The molecule has 4 aromatic rings. The first kappa shape index (κ1) is 21.5. The molecule has 0 spiro atoms. The van der Waals surface area contributed by atoms with Gasteiger partial charge in [-0.05, 0) is 42.0 Å². The second-order valence-corrected chi connectivity index (χ2v) is 7.41. The highest BCUT2D eigenvalue weighted by Crippen LogP contribution is 2.31. The first-order valence-corrected chi connectivity index (χ1v) is 9.86. The number of nitrogens with zero attached hydrogens (tertiary/aromatic N) is 2. The quantitative estimate of drug-likeness (QED) is 0.429. The van der Waals surface area contributed by atoms with Crippen molar-refractivity contribution in [3.63, 3.8) is 0 Å². The molecule has 0 aliphatic carbocycles. The number of fused-ring (bicyclic) bond motifs is 1. The number of rotatable bonds is 7. The fourth-order valence-electron chi connectivity index (χ4n) is 3.54. The minimum atomic E-state index is -4.37. The number of halogens is 3. The van der Waals surface area contributed by atoms with Crippen LogP contribution < -0.4 is 4.74 Å². The first-order valence-electron chi connectivity index (χ1n) is 9.86. The Balaban J connectivity index is 1.42. The molecule has 9 heteroatoms. The molecule has 2 aromatic heterocycles. The van der Waals surface area contributed by atoms with Gasteiger partial charge in [0, 0.05) is 41.8 Å². The van der Waals surface area contributed by atoms with Crippen molar-refractivity contribution in [1.82, 2.24) is 14.8 Å². The van der Waals surface area contributed by atoms with Crippen molar-refractivity contribution < 1.29 is 27.8 Å². The fourth-order valence-corrected chi connectivity index (χ4v) is 3.54. The SMILES string of the molecule is Cn1nc(-c2ccc(C(F)(F)F)cc2)cc1CCOc1ccc2[nH]cc(CC(=O)O)c2c1. The lowest BCUT2D eigenvalue weighted by Gasteiger charge is -2.07. The van der Waals surface area contributed by atoms with Crippen LogP contribution in [0.5, 0.6) is 5.75 Å². The number of carboxylic acids is 1. The monoisotopic (exact) mass is 443 g/mol. The van der Waals surface area contributed by atoms with E-state index in [1.54, 1.807) is 30.1 Å². The van der Waals surface area contributed by atoms with E-state index < -0.39 is 17.7 Å². The number of hydrogen-bond donors (Lipinski definition) is 2. The lowest BCUT2D eigenvalue weighted by atomic mass is 10.1. The van der Waals surface area contributed by atoms with E-state index in [-0.39, 0.29) is 6.42 Å². The molecular weight excluding hydrogens is 423 g/mol. The number of aromatic amines is 1. The van der Waals surface area contributed by atoms with E-state index in [0.717, 1.165) is 28.7 Å². The Morgan fingerprint density at radius 1 is 1.16 bits per heavy atom. The number of carboxylic acid groups (broad SMARTS) is 1. The van der Waals surface area contributed by atoms with E-state index in [4.69, 9.17) is 9.84 Å². The molecular formula is C23H20F3N3O3. The van der Waals surface area contributed by atoms with Gasteiger partial charge in [-0.15, -0.1) is 0 Å². The van der Waals surface area contributed by atoms with Gasteiger partial charge in [0.15, 0.2) is 0 Å². The van der Waals surface area contributed by atoms with Crippen molar-refractivity contribution in [2.45, 2.75) is 19.0 Å². The molecule has 0 atom stereocenters. The van der Waals surface area contributed by atoms with Gasteiger partial charge in [0.2, 0.25) is 0 Å². The highest BCUT2D eigenvalue weighted by atomic mass is 19.4. The molecule has 0 unspecified atom stereocenters. The number of ether oxygens (including phenoxy) is 1. The number of H-pyrrole nitrogens is 1. The maximum Gasteiger partial charge on any atom is 0.416 e. The maximum absolute atomic E-state index is 12.8. The zero-order valence-electron chi connectivity index (χ0n) is 17.1. The predicted octanol–water partition coefficient (Wildman–Crippen LogP) is 4.84.